The van der Waals surface area contributed by atoms with E-state index in [-0.39, 0.29) is 19.1 Å². The van der Waals surface area contributed by atoms with Gasteiger partial charge in [-0.2, -0.15) is 0 Å². The van der Waals surface area contributed by atoms with Crippen molar-refractivity contribution in [1.82, 2.24) is 0 Å². The van der Waals surface area contributed by atoms with Crippen LogP contribution in [0.2, 0.25) is 5.02 Å². The zero-order valence-electron chi connectivity index (χ0n) is 19.8. The maximum Gasteiger partial charge on any atom is 0.110 e. The molecule has 4 atom stereocenters. The summed E-state index contributed by atoms with van der Waals surface area (Å²) in [6.07, 6.45) is 9.04. The van der Waals surface area contributed by atoms with E-state index in [1.54, 1.807) is 0 Å². The van der Waals surface area contributed by atoms with Gasteiger partial charge in [0.2, 0.25) is 0 Å². The first kappa shape index (κ1) is 24.3. The van der Waals surface area contributed by atoms with E-state index in [9.17, 15) is 15.3 Å². The molecular formula is C29H37ClO4. The molecule has 3 N–H and O–H groups in total. The molecule has 1 heterocycles. The molecule has 34 heavy (non-hydrogen) atoms. The summed E-state index contributed by atoms with van der Waals surface area (Å²) in [5.74, 6) is 0.692. The van der Waals surface area contributed by atoms with Crippen molar-refractivity contribution >= 4 is 11.6 Å². The normalized spacial score (nSPS) is 29.5. The van der Waals surface area contributed by atoms with Crippen LogP contribution in [0.3, 0.4) is 0 Å². The third-order valence-corrected chi connectivity index (χ3v) is 9.12. The van der Waals surface area contributed by atoms with E-state index >= 15 is 0 Å². The van der Waals surface area contributed by atoms with Gasteiger partial charge < -0.3 is 20.1 Å². The SMILES string of the molecule is OC[C@H]1O[C@H](c2ccc(Cl)c(Cc3ccc(C4CCC5(CCCC5)CC4)cc3)c2)C[C@@H](O)[C@@H]1O. The van der Waals surface area contributed by atoms with E-state index in [1.807, 2.05) is 18.2 Å². The largest absolute Gasteiger partial charge is 0.394 e. The summed E-state index contributed by atoms with van der Waals surface area (Å²) in [6.45, 7) is -0.330. The van der Waals surface area contributed by atoms with Crippen molar-refractivity contribution in [3.05, 3.63) is 69.7 Å². The highest BCUT2D eigenvalue weighted by Gasteiger charge is 2.38. The van der Waals surface area contributed by atoms with Crippen molar-refractivity contribution in [1.29, 1.82) is 0 Å². The minimum Gasteiger partial charge on any atom is -0.394 e. The highest BCUT2D eigenvalue weighted by Crippen LogP contribution is 2.52. The maximum atomic E-state index is 10.2. The third-order valence-electron chi connectivity index (χ3n) is 8.75. The Bertz CT molecular complexity index is 959. The zero-order chi connectivity index (χ0) is 23.7. The molecule has 0 amide bonds. The number of benzene rings is 2. The fourth-order valence-corrected chi connectivity index (χ4v) is 6.75. The van der Waals surface area contributed by atoms with Crippen LogP contribution in [0, 0.1) is 5.41 Å². The summed E-state index contributed by atoms with van der Waals surface area (Å²) in [6, 6.07) is 14.9. The van der Waals surface area contributed by atoms with Crippen molar-refractivity contribution in [2.45, 2.75) is 94.5 Å². The molecule has 1 aliphatic heterocycles. The van der Waals surface area contributed by atoms with Crippen LogP contribution in [0.15, 0.2) is 42.5 Å². The Morgan fingerprint density at radius 3 is 2.26 bits per heavy atom. The van der Waals surface area contributed by atoms with Gasteiger partial charge in [0.1, 0.15) is 12.2 Å². The number of rotatable bonds is 5. The fourth-order valence-electron chi connectivity index (χ4n) is 6.57. The third kappa shape index (κ3) is 5.08. The van der Waals surface area contributed by atoms with Gasteiger partial charge in [0.05, 0.1) is 18.8 Å². The van der Waals surface area contributed by atoms with Gasteiger partial charge in [-0.15, -0.1) is 0 Å². The first-order valence-corrected chi connectivity index (χ1v) is 13.3. The molecule has 2 aliphatic carbocycles. The molecule has 1 spiro atoms. The van der Waals surface area contributed by atoms with E-state index in [1.165, 1.54) is 62.5 Å². The quantitative estimate of drug-likeness (QED) is 0.509. The van der Waals surface area contributed by atoms with Crippen LogP contribution in [0.1, 0.15) is 92.1 Å². The second-order valence-electron chi connectivity index (χ2n) is 10.9. The van der Waals surface area contributed by atoms with Gasteiger partial charge in [-0.05, 0) is 84.6 Å². The minimum absolute atomic E-state index is 0.288. The summed E-state index contributed by atoms with van der Waals surface area (Å²) in [4.78, 5) is 0. The molecule has 0 aromatic heterocycles. The van der Waals surface area contributed by atoms with E-state index in [4.69, 9.17) is 16.3 Å². The number of hydrogen-bond donors (Lipinski definition) is 3. The van der Waals surface area contributed by atoms with E-state index in [2.05, 4.69) is 24.3 Å². The minimum atomic E-state index is -1.07. The second-order valence-corrected chi connectivity index (χ2v) is 11.3. The van der Waals surface area contributed by atoms with Gasteiger partial charge in [0, 0.05) is 11.4 Å². The summed E-state index contributed by atoms with van der Waals surface area (Å²) in [5, 5.41) is 30.4. The molecule has 0 unspecified atom stereocenters. The number of aliphatic hydroxyl groups excluding tert-OH is 3. The maximum absolute atomic E-state index is 10.2. The highest BCUT2D eigenvalue weighted by atomic mass is 35.5. The average molecular weight is 485 g/mol. The Balaban J connectivity index is 1.25. The van der Waals surface area contributed by atoms with Crippen molar-refractivity contribution in [3.8, 4) is 0 Å². The Labute approximate surface area is 207 Å². The second kappa shape index (κ2) is 10.3. The lowest BCUT2D eigenvalue weighted by atomic mass is 9.68. The Hall–Kier alpha value is -1.43. The van der Waals surface area contributed by atoms with Crippen LogP contribution in [-0.4, -0.2) is 40.2 Å². The van der Waals surface area contributed by atoms with Gasteiger partial charge in [-0.1, -0.05) is 60.8 Å². The molecule has 2 aromatic rings. The van der Waals surface area contributed by atoms with Crippen molar-refractivity contribution in [2.75, 3.05) is 6.61 Å². The molecule has 0 radical (unpaired) electrons. The molecule has 3 fully saturated rings. The van der Waals surface area contributed by atoms with Crippen LogP contribution < -0.4 is 0 Å². The van der Waals surface area contributed by atoms with Gasteiger partial charge >= 0.3 is 0 Å². The first-order valence-electron chi connectivity index (χ1n) is 13.0. The van der Waals surface area contributed by atoms with Crippen LogP contribution in [-0.2, 0) is 11.2 Å². The predicted octanol–water partition coefficient (Wildman–Crippen LogP) is 5.69. The number of hydrogen-bond acceptors (Lipinski definition) is 4. The molecule has 2 aromatic carbocycles. The first-order chi connectivity index (χ1) is 16.5. The summed E-state index contributed by atoms with van der Waals surface area (Å²) in [5.41, 5.74) is 5.28. The summed E-state index contributed by atoms with van der Waals surface area (Å²) >= 11 is 6.53. The summed E-state index contributed by atoms with van der Waals surface area (Å²) < 4.78 is 5.86. The van der Waals surface area contributed by atoms with E-state index in [0.717, 1.165) is 17.5 Å². The van der Waals surface area contributed by atoms with E-state index in [0.29, 0.717) is 16.4 Å². The molecule has 4 nitrogen and oxygen atoms in total. The van der Waals surface area contributed by atoms with Gasteiger partial charge in [-0.3, -0.25) is 0 Å². The number of halogens is 1. The Morgan fingerprint density at radius 2 is 1.59 bits per heavy atom. The monoisotopic (exact) mass is 484 g/mol. The van der Waals surface area contributed by atoms with Gasteiger partial charge in [-0.25, -0.2) is 0 Å². The van der Waals surface area contributed by atoms with Crippen molar-refractivity contribution in [3.63, 3.8) is 0 Å². The van der Waals surface area contributed by atoms with Crippen LogP contribution in [0.5, 0.6) is 0 Å². The molecule has 5 rings (SSSR count). The topological polar surface area (TPSA) is 69.9 Å². The molecule has 3 aliphatic rings. The average Bonchev–Trinajstić information content (AvgIpc) is 3.31. The van der Waals surface area contributed by atoms with Crippen molar-refractivity contribution < 1.29 is 20.1 Å². The smallest absolute Gasteiger partial charge is 0.110 e. The van der Waals surface area contributed by atoms with Crippen LogP contribution in [0.4, 0.5) is 0 Å². The predicted molar refractivity (Wildman–Crippen MR) is 134 cm³/mol. The molecule has 2 saturated carbocycles. The molecule has 5 heteroatoms. The van der Waals surface area contributed by atoms with Crippen molar-refractivity contribution in [2.24, 2.45) is 5.41 Å². The molecule has 1 saturated heterocycles. The van der Waals surface area contributed by atoms with Gasteiger partial charge in [0.15, 0.2) is 0 Å². The Morgan fingerprint density at radius 1 is 0.912 bits per heavy atom. The van der Waals surface area contributed by atoms with Crippen LogP contribution >= 0.6 is 11.6 Å². The molecule has 0 bridgehead atoms. The zero-order valence-corrected chi connectivity index (χ0v) is 20.6. The van der Waals surface area contributed by atoms with Gasteiger partial charge in [0.25, 0.3) is 0 Å². The lowest BCUT2D eigenvalue weighted by molar-refractivity contribution is -0.181. The lowest BCUT2D eigenvalue weighted by Gasteiger charge is -2.37. The number of ether oxygens (including phenoxy) is 1. The molecule has 184 valence electrons. The highest BCUT2D eigenvalue weighted by molar-refractivity contribution is 6.31. The number of aliphatic hydroxyl groups is 3. The lowest BCUT2D eigenvalue weighted by Crippen LogP contribution is -2.47. The van der Waals surface area contributed by atoms with Crippen LogP contribution in [0.25, 0.3) is 0 Å². The Kier molecular flexibility index (Phi) is 7.34. The summed E-state index contributed by atoms with van der Waals surface area (Å²) in [7, 11) is 0. The standard InChI is InChI=1S/C29H37ClO4/c30-24-8-7-22(26-17-25(32)28(33)27(18-31)34-26)16-23(24)15-19-3-5-20(6-4-19)21-9-13-29(14-10-21)11-1-2-12-29/h3-8,16,21,25-28,31-33H,1-2,9-15,17-18H2/t25-,26+,27-,28+/m1/s1. The fraction of sp³-hybridized carbons (Fsp3) is 0.586. The molecular weight excluding hydrogens is 448 g/mol. The van der Waals surface area contributed by atoms with E-state index < -0.39 is 18.3 Å².